The Morgan fingerprint density at radius 2 is 1.48 bits per heavy atom. The fraction of sp³-hybridized carbons (Fsp3) is 0.625. The third-order valence-corrected chi connectivity index (χ3v) is 5.26. The van der Waals surface area contributed by atoms with E-state index < -0.39 is 6.55 Å². The molecule has 21 heavy (non-hydrogen) atoms. The van der Waals surface area contributed by atoms with Gasteiger partial charge in [-0.3, -0.25) is 0 Å². The van der Waals surface area contributed by atoms with E-state index in [1.807, 2.05) is 0 Å². The smallest absolute Gasteiger partial charge is 0.558 e. The number of hydrogen-bond acceptors (Lipinski definition) is 2. The summed E-state index contributed by atoms with van der Waals surface area (Å²) in [5, 5.41) is 0. The molecule has 0 spiro atoms. The van der Waals surface area contributed by atoms with E-state index in [0.717, 1.165) is 23.6 Å². The van der Waals surface area contributed by atoms with Crippen LogP contribution in [0.1, 0.15) is 47.5 Å². The van der Waals surface area contributed by atoms with E-state index in [0.29, 0.717) is 0 Å². The maximum absolute atomic E-state index is 6.50. The van der Waals surface area contributed by atoms with Gasteiger partial charge in [-0.15, -0.1) is 6.32 Å². The number of unbranched alkanes of at least 4 members (excludes halogenated alkanes) is 1. The minimum atomic E-state index is -1.40. The van der Waals surface area contributed by atoms with Crippen LogP contribution in [0.2, 0.25) is 6.32 Å². The van der Waals surface area contributed by atoms with Gasteiger partial charge in [-0.2, -0.15) is 5.46 Å². The van der Waals surface area contributed by atoms with Gasteiger partial charge in [0.25, 0.3) is 6.55 Å². The van der Waals surface area contributed by atoms with Crippen LogP contribution in [0.15, 0.2) is 28.7 Å². The average molecular weight is 347 g/mol. The Morgan fingerprint density at radius 1 is 1.00 bits per heavy atom. The molecular formula is C16H25BBrLiO2. The first-order valence-corrected chi connectivity index (χ1v) is 8.34. The minimum absolute atomic E-state index is 0. The molecule has 2 rings (SSSR count). The molecule has 0 atom stereocenters. The van der Waals surface area contributed by atoms with Crippen molar-refractivity contribution in [2.24, 2.45) is 0 Å². The average Bonchev–Trinajstić information content (AvgIpc) is 2.54. The molecule has 0 radical (unpaired) electrons. The van der Waals surface area contributed by atoms with Crippen LogP contribution in [0, 0.1) is 0 Å². The fourth-order valence-corrected chi connectivity index (χ4v) is 3.17. The third kappa shape index (κ3) is 3.79. The van der Waals surface area contributed by atoms with Crippen molar-refractivity contribution in [2.45, 2.75) is 65.0 Å². The van der Waals surface area contributed by atoms with Crippen LogP contribution >= 0.6 is 15.9 Å². The molecule has 5 heteroatoms. The summed E-state index contributed by atoms with van der Waals surface area (Å²) in [5.41, 5.74) is 0.599. The summed E-state index contributed by atoms with van der Waals surface area (Å²) in [6.45, 7) is 9.31. The molecule has 0 saturated carbocycles. The van der Waals surface area contributed by atoms with Gasteiger partial charge in [-0.25, -0.2) is 0 Å². The Balaban J connectivity index is 0.00000220. The van der Waals surface area contributed by atoms with E-state index in [9.17, 15) is 0 Å². The second-order valence-corrected chi connectivity index (χ2v) is 7.74. The molecule has 0 N–H and O–H groups in total. The maximum atomic E-state index is 6.50. The van der Waals surface area contributed by atoms with E-state index in [1.54, 1.807) is 0 Å². The first-order valence-electron chi connectivity index (χ1n) is 7.54. The molecule has 0 unspecified atom stereocenters. The van der Waals surface area contributed by atoms with Gasteiger partial charge in [-0.1, -0.05) is 60.0 Å². The predicted octanol–water partition coefficient (Wildman–Crippen LogP) is 1.51. The molecule has 0 amide bonds. The molecule has 1 aliphatic rings. The number of halogens is 1. The Morgan fingerprint density at radius 3 is 1.90 bits per heavy atom. The van der Waals surface area contributed by atoms with Gasteiger partial charge >= 0.3 is 18.9 Å². The summed E-state index contributed by atoms with van der Waals surface area (Å²) in [7, 11) is 0. The normalized spacial score (nSPS) is 21.8. The summed E-state index contributed by atoms with van der Waals surface area (Å²) in [6, 6.07) is 8.38. The third-order valence-electron chi connectivity index (χ3n) is 4.74. The zero-order valence-corrected chi connectivity index (χ0v) is 15.8. The van der Waals surface area contributed by atoms with Crippen LogP contribution in [0.25, 0.3) is 0 Å². The second kappa shape index (κ2) is 6.81. The van der Waals surface area contributed by atoms with Crippen LogP contribution in [0.4, 0.5) is 0 Å². The van der Waals surface area contributed by atoms with Crippen molar-refractivity contribution in [3.63, 3.8) is 0 Å². The van der Waals surface area contributed by atoms with Crippen molar-refractivity contribution >= 4 is 27.9 Å². The van der Waals surface area contributed by atoms with Crippen LogP contribution in [-0.4, -0.2) is 17.8 Å². The predicted molar refractivity (Wildman–Crippen MR) is 89.6 cm³/mol. The molecule has 1 saturated heterocycles. The van der Waals surface area contributed by atoms with Crippen molar-refractivity contribution in [3.8, 4) is 0 Å². The van der Waals surface area contributed by atoms with E-state index >= 15 is 0 Å². The van der Waals surface area contributed by atoms with Gasteiger partial charge in [0.05, 0.1) is 0 Å². The fourth-order valence-electron chi connectivity index (χ4n) is 2.91. The van der Waals surface area contributed by atoms with Crippen LogP contribution < -0.4 is 24.3 Å². The first-order chi connectivity index (χ1) is 9.22. The molecule has 0 aliphatic carbocycles. The van der Waals surface area contributed by atoms with E-state index in [-0.39, 0.29) is 30.1 Å². The monoisotopic (exact) mass is 346 g/mol. The van der Waals surface area contributed by atoms with Gasteiger partial charge in [-0.05, 0) is 27.7 Å². The second-order valence-electron chi connectivity index (χ2n) is 6.82. The topological polar surface area (TPSA) is 18.5 Å². The van der Waals surface area contributed by atoms with Crippen LogP contribution in [-0.2, 0) is 9.31 Å². The number of benzene rings is 1. The van der Waals surface area contributed by atoms with E-state index in [1.165, 1.54) is 5.46 Å². The molecule has 1 fully saturated rings. The van der Waals surface area contributed by atoms with Gasteiger partial charge in [0.15, 0.2) is 0 Å². The molecule has 0 aromatic heterocycles. The molecule has 1 aromatic carbocycles. The Labute approximate surface area is 149 Å². The Kier molecular flexibility index (Phi) is 6.27. The zero-order valence-electron chi connectivity index (χ0n) is 14.2. The maximum Gasteiger partial charge on any atom is 1.00 e. The molecule has 1 aliphatic heterocycles. The molecule has 112 valence electrons. The van der Waals surface area contributed by atoms with Crippen molar-refractivity contribution < 1.29 is 28.2 Å². The summed E-state index contributed by atoms with van der Waals surface area (Å²) in [5.74, 6) is 0. The molecule has 1 heterocycles. The molecular weight excluding hydrogens is 322 g/mol. The van der Waals surface area contributed by atoms with Gasteiger partial charge in [0.2, 0.25) is 0 Å². The van der Waals surface area contributed by atoms with E-state index in [4.69, 9.17) is 9.31 Å². The summed E-state index contributed by atoms with van der Waals surface area (Å²) < 4.78 is 14.1. The first kappa shape index (κ1) is 19.3. The summed E-state index contributed by atoms with van der Waals surface area (Å²) in [6.07, 6.45) is 3.21. The minimum Gasteiger partial charge on any atom is -0.558 e. The van der Waals surface area contributed by atoms with Crippen molar-refractivity contribution in [1.82, 2.24) is 0 Å². The van der Waals surface area contributed by atoms with Gasteiger partial charge < -0.3 is 9.31 Å². The van der Waals surface area contributed by atoms with Crippen molar-refractivity contribution in [2.75, 3.05) is 0 Å². The summed E-state index contributed by atoms with van der Waals surface area (Å²) >= 11 is 3.49. The largest absolute Gasteiger partial charge is 1.00 e. The van der Waals surface area contributed by atoms with Gasteiger partial charge in [0, 0.05) is 15.7 Å². The molecule has 2 nitrogen and oxygen atoms in total. The van der Waals surface area contributed by atoms with Crippen LogP contribution in [0.5, 0.6) is 0 Å². The quantitative estimate of drug-likeness (QED) is 0.769. The van der Waals surface area contributed by atoms with Gasteiger partial charge in [0.1, 0.15) is 0 Å². The SMILES string of the molecule is CCCC[B-]1(c2ccc(Br)cc2)OC(C)(C)C(C)(C)O1.[Li+]. The summed E-state index contributed by atoms with van der Waals surface area (Å²) in [4.78, 5) is 0. The van der Waals surface area contributed by atoms with Crippen molar-refractivity contribution in [1.29, 1.82) is 0 Å². The van der Waals surface area contributed by atoms with Crippen LogP contribution in [0.3, 0.4) is 0 Å². The zero-order chi connectivity index (χ0) is 15.0. The standard InChI is InChI=1S/C16H25BBrO2.Li/c1-6-7-12-17(13-8-10-14(18)11-9-13)19-15(2,3)16(4,5)20-17;/h8-11H,6-7,12H2,1-5H3;/q-1;+1. The molecule has 0 bridgehead atoms. The number of hydrogen-bond donors (Lipinski definition) is 0. The Hall–Kier alpha value is 0.282. The van der Waals surface area contributed by atoms with E-state index in [2.05, 4.69) is 74.8 Å². The number of rotatable bonds is 4. The molecule has 1 aromatic rings. The van der Waals surface area contributed by atoms with Crippen molar-refractivity contribution in [3.05, 3.63) is 28.7 Å². The Bertz CT molecular complexity index is 458.